The maximum absolute atomic E-state index is 6.60. The van der Waals surface area contributed by atoms with Gasteiger partial charge in [0.1, 0.15) is 11.5 Å². The molecule has 1 spiro atoms. The van der Waals surface area contributed by atoms with E-state index in [-0.39, 0.29) is 0 Å². The molecule has 1 aromatic heterocycles. The Hall–Kier alpha value is -7.72. The smallest absolute Gasteiger partial charge is 0.132 e. The minimum atomic E-state index is -0.506. The summed E-state index contributed by atoms with van der Waals surface area (Å²) in [4.78, 5) is 2.40. The van der Waals surface area contributed by atoms with Gasteiger partial charge in [-0.1, -0.05) is 176 Å². The third kappa shape index (κ3) is 5.09. The van der Waals surface area contributed by atoms with Gasteiger partial charge in [0.15, 0.2) is 0 Å². The summed E-state index contributed by atoms with van der Waals surface area (Å²) in [6.45, 7) is 0. The molecule has 10 aromatic carbocycles. The van der Waals surface area contributed by atoms with Crippen LogP contribution in [-0.4, -0.2) is 0 Å². The molecule has 290 valence electrons. The summed E-state index contributed by atoms with van der Waals surface area (Å²) in [5.74, 6) is 1.81. The summed E-state index contributed by atoms with van der Waals surface area (Å²) in [6.07, 6.45) is 0. The van der Waals surface area contributed by atoms with Crippen molar-refractivity contribution in [3.63, 3.8) is 0 Å². The number of ether oxygens (including phenoxy) is 1. The minimum absolute atomic E-state index is 0.506. The second kappa shape index (κ2) is 13.7. The van der Waals surface area contributed by atoms with Gasteiger partial charge in [-0.3, -0.25) is 0 Å². The molecule has 0 saturated carbocycles. The summed E-state index contributed by atoms with van der Waals surface area (Å²) >= 11 is 1.88. The van der Waals surface area contributed by atoms with E-state index in [1.165, 1.54) is 86.6 Å². The van der Waals surface area contributed by atoms with Crippen LogP contribution in [0.3, 0.4) is 0 Å². The Balaban J connectivity index is 0.965. The van der Waals surface area contributed by atoms with Crippen LogP contribution in [0.5, 0.6) is 11.5 Å². The number of hydrogen-bond donors (Lipinski definition) is 0. The molecule has 2 heterocycles. The van der Waals surface area contributed by atoms with Crippen molar-refractivity contribution in [1.29, 1.82) is 0 Å². The highest BCUT2D eigenvalue weighted by molar-refractivity contribution is 7.26. The van der Waals surface area contributed by atoms with Gasteiger partial charge in [-0.05, 0) is 104 Å². The highest BCUT2D eigenvalue weighted by Crippen LogP contribution is 2.63. The Bertz CT molecular complexity index is 3500. The summed E-state index contributed by atoms with van der Waals surface area (Å²) in [5, 5.41) is 5.19. The first-order valence-corrected chi connectivity index (χ1v) is 22.1. The second-order valence-corrected chi connectivity index (χ2v) is 17.4. The van der Waals surface area contributed by atoms with Crippen LogP contribution in [0, 0.1) is 0 Å². The monoisotopic (exact) mass is 807 g/mol. The van der Waals surface area contributed by atoms with E-state index in [2.05, 4.69) is 229 Å². The molecule has 11 aromatic rings. The lowest BCUT2D eigenvalue weighted by Gasteiger charge is -2.39. The fraction of sp³-hybridized carbons (Fsp3) is 0.0169. The average molecular weight is 808 g/mol. The number of para-hydroxylation sites is 2. The van der Waals surface area contributed by atoms with E-state index in [1.807, 2.05) is 11.3 Å². The molecule has 62 heavy (non-hydrogen) atoms. The van der Waals surface area contributed by atoms with Crippen molar-refractivity contribution in [2.45, 2.75) is 5.41 Å². The summed E-state index contributed by atoms with van der Waals surface area (Å²) in [5.41, 5.74) is 15.1. The molecule has 2 aliphatic rings. The third-order valence-electron chi connectivity index (χ3n) is 13.1. The van der Waals surface area contributed by atoms with Gasteiger partial charge in [0, 0.05) is 48.4 Å². The molecule has 0 N–H and O–H groups in total. The Morgan fingerprint density at radius 2 is 0.935 bits per heavy atom. The highest BCUT2D eigenvalue weighted by atomic mass is 32.1. The number of fused-ring (bicyclic) bond motifs is 14. The predicted molar refractivity (Wildman–Crippen MR) is 260 cm³/mol. The van der Waals surface area contributed by atoms with Crippen LogP contribution >= 0.6 is 11.3 Å². The molecular weight excluding hydrogens is 771 g/mol. The van der Waals surface area contributed by atoms with E-state index in [1.54, 1.807) is 0 Å². The van der Waals surface area contributed by atoms with Gasteiger partial charge in [-0.15, -0.1) is 11.3 Å². The maximum atomic E-state index is 6.60. The van der Waals surface area contributed by atoms with Crippen molar-refractivity contribution < 1.29 is 4.74 Å². The zero-order chi connectivity index (χ0) is 40.8. The lowest BCUT2D eigenvalue weighted by atomic mass is 9.66. The molecule has 1 aliphatic carbocycles. The fourth-order valence-electron chi connectivity index (χ4n) is 10.4. The van der Waals surface area contributed by atoms with Crippen LogP contribution < -0.4 is 9.64 Å². The first kappa shape index (κ1) is 35.1. The number of rotatable bonds is 5. The van der Waals surface area contributed by atoms with Crippen molar-refractivity contribution in [2.24, 2.45) is 0 Å². The number of anilines is 3. The minimum Gasteiger partial charge on any atom is -0.457 e. The molecule has 0 bridgehead atoms. The second-order valence-electron chi connectivity index (χ2n) is 16.4. The molecule has 1 aliphatic heterocycles. The first-order chi connectivity index (χ1) is 30.7. The molecule has 3 heteroatoms. The molecular formula is C59H37NOS. The Labute approximate surface area is 364 Å². The molecule has 0 saturated heterocycles. The first-order valence-electron chi connectivity index (χ1n) is 21.2. The van der Waals surface area contributed by atoms with E-state index in [0.29, 0.717) is 0 Å². The SMILES string of the molecule is c1ccc(-c2ccc(N(c3ccc(-c4cccc5c4-c4ccccc4C54c5ccccc5Oc5ccccc54)cc3)c3ccc4c(c3)sc3c5ccccc5ccc43)cc2)cc1. The third-order valence-corrected chi connectivity index (χ3v) is 14.3. The average Bonchev–Trinajstić information content (AvgIpc) is 3.86. The topological polar surface area (TPSA) is 12.5 Å². The number of thiophene rings is 1. The fourth-order valence-corrected chi connectivity index (χ4v) is 11.7. The van der Waals surface area contributed by atoms with Crippen LogP contribution in [0.2, 0.25) is 0 Å². The van der Waals surface area contributed by atoms with Crippen LogP contribution in [-0.2, 0) is 5.41 Å². The molecule has 0 unspecified atom stereocenters. The van der Waals surface area contributed by atoms with Crippen LogP contribution in [0.1, 0.15) is 22.3 Å². The standard InChI is InChI=1S/C59H37NOS/c1-2-13-38(14-3-1)39-25-30-42(31-26-39)60(44-34-36-47-48-35-29-40-15-4-5-16-46(40)58(48)62-56(47)37-44)43-32-27-41(28-33-43)45-18-12-22-53-57(45)49-17-6-7-19-50(49)59(53)51-20-8-10-23-54(51)61-55-24-11-9-21-52(55)59/h1-37H. The molecule has 0 atom stereocenters. The number of nitrogens with zero attached hydrogens (tertiary/aromatic N) is 1. The van der Waals surface area contributed by atoms with E-state index < -0.39 is 5.41 Å². The molecule has 0 amide bonds. The highest BCUT2D eigenvalue weighted by Gasteiger charge is 2.51. The number of hydrogen-bond acceptors (Lipinski definition) is 3. The van der Waals surface area contributed by atoms with E-state index in [9.17, 15) is 0 Å². The van der Waals surface area contributed by atoms with Crippen molar-refractivity contribution in [3.8, 4) is 44.9 Å². The van der Waals surface area contributed by atoms with Crippen LogP contribution in [0.4, 0.5) is 17.1 Å². The van der Waals surface area contributed by atoms with Crippen molar-refractivity contribution >= 4 is 59.3 Å². The summed E-state index contributed by atoms with van der Waals surface area (Å²) < 4.78 is 9.21. The Morgan fingerprint density at radius 1 is 0.371 bits per heavy atom. The Kier molecular flexibility index (Phi) is 7.72. The lowest BCUT2D eigenvalue weighted by Crippen LogP contribution is -2.32. The van der Waals surface area contributed by atoms with Gasteiger partial charge in [-0.2, -0.15) is 0 Å². The van der Waals surface area contributed by atoms with Crippen LogP contribution in [0.25, 0.3) is 64.3 Å². The van der Waals surface area contributed by atoms with Gasteiger partial charge in [-0.25, -0.2) is 0 Å². The normalized spacial score (nSPS) is 13.1. The quantitative estimate of drug-likeness (QED) is 0.172. The molecule has 13 rings (SSSR count). The van der Waals surface area contributed by atoms with Gasteiger partial charge >= 0.3 is 0 Å². The van der Waals surface area contributed by atoms with Crippen LogP contribution in [0.15, 0.2) is 224 Å². The molecule has 0 radical (unpaired) electrons. The lowest BCUT2D eigenvalue weighted by molar-refractivity contribution is 0.436. The van der Waals surface area contributed by atoms with Crippen molar-refractivity contribution in [2.75, 3.05) is 4.90 Å². The largest absolute Gasteiger partial charge is 0.457 e. The van der Waals surface area contributed by atoms with E-state index >= 15 is 0 Å². The van der Waals surface area contributed by atoms with Crippen molar-refractivity contribution in [3.05, 3.63) is 247 Å². The molecule has 0 fully saturated rings. The number of benzene rings is 10. The van der Waals surface area contributed by atoms with Gasteiger partial charge < -0.3 is 9.64 Å². The zero-order valence-electron chi connectivity index (χ0n) is 33.6. The predicted octanol–water partition coefficient (Wildman–Crippen LogP) is 16.5. The van der Waals surface area contributed by atoms with Gasteiger partial charge in [0.05, 0.1) is 5.41 Å². The Morgan fingerprint density at radius 3 is 1.69 bits per heavy atom. The van der Waals surface area contributed by atoms with Crippen molar-refractivity contribution in [1.82, 2.24) is 0 Å². The molecule has 2 nitrogen and oxygen atoms in total. The van der Waals surface area contributed by atoms with E-state index in [0.717, 1.165) is 28.6 Å². The zero-order valence-corrected chi connectivity index (χ0v) is 34.4. The van der Waals surface area contributed by atoms with Gasteiger partial charge in [0.25, 0.3) is 0 Å². The summed E-state index contributed by atoms with van der Waals surface area (Å²) in [6, 6.07) is 82.0. The van der Waals surface area contributed by atoms with Gasteiger partial charge in [0.2, 0.25) is 0 Å². The van der Waals surface area contributed by atoms with E-state index in [4.69, 9.17) is 4.74 Å². The summed E-state index contributed by atoms with van der Waals surface area (Å²) in [7, 11) is 0. The maximum Gasteiger partial charge on any atom is 0.132 e.